The van der Waals surface area contributed by atoms with Gasteiger partial charge in [-0.15, -0.1) is 6.58 Å². The molecule has 16 heavy (non-hydrogen) atoms. The van der Waals surface area contributed by atoms with Crippen LogP contribution in [0.15, 0.2) is 12.7 Å². The van der Waals surface area contributed by atoms with Crippen LogP contribution in [0.25, 0.3) is 0 Å². The van der Waals surface area contributed by atoms with E-state index in [2.05, 4.69) is 17.2 Å². The summed E-state index contributed by atoms with van der Waals surface area (Å²) < 4.78 is 0. The Morgan fingerprint density at radius 3 is 2.50 bits per heavy atom. The molecule has 0 aromatic carbocycles. The minimum Gasteiger partial charge on any atom is -0.481 e. The average molecular weight is 228 g/mol. The van der Waals surface area contributed by atoms with Crippen molar-refractivity contribution >= 4 is 17.8 Å². The fourth-order valence-electron chi connectivity index (χ4n) is 1.06. The molecule has 6 heteroatoms. The smallest absolute Gasteiger partial charge is 0.305 e. The number of hydrogen-bond donors (Lipinski definition) is 3. The highest BCUT2D eigenvalue weighted by Crippen LogP contribution is 1.93. The van der Waals surface area contributed by atoms with Crippen LogP contribution in [0.3, 0.4) is 0 Å². The van der Waals surface area contributed by atoms with E-state index in [9.17, 15) is 14.4 Å². The molecule has 0 radical (unpaired) electrons. The molecule has 0 saturated carbocycles. The van der Waals surface area contributed by atoms with Crippen molar-refractivity contribution in [2.45, 2.75) is 25.8 Å². The molecule has 0 aliphatic carbocycles. The third kappa shape index (κ3) is 6.58. The lowest BCUT2D eigenvalue weighted by Crippen LogP contribution is -2.46. The zero-order valence-corrected chi connectivity index (χ0v) is 9.16. The molecule has 0 aliphatic rings. The standard InChI is InChI=1S/C10H16N2O4/c1-3-4-8(12-7(2)13)10(16)11-6-5-9(14)15/h3,8H,1,4-6H2,2H3,(H,11,16)(H,12,13)(H,14,15). The normalized spacial score (nSPS) is 11.3. The summed E-state index contributed by atoms with van der Waals surface area (Å²) in [5.41, 5.74) is 0. The molecular weight excluding hydrogens is 212 g/mol. The van der Waals surface area contributed by atoms with Gasteiger partial charge < -0.3 is 15.7 Å². The van der Waals surface area contributed by atoms with E-state index in [0.29, 0.717) is 6.42 Å². The van der Waals surface area contributed by atoms with Gasteiger partial charge in [-0.25, -0.2) is 0 Å². The number of carbonyl (C=O) groups excluding carboxylic acids is 2. The summed E-state index contributed by atoms with van der Waals surface area (Å²) >= 11 is 0. The minimum absolute atomic E-state index is 0.0430. The summed E-state index contributed by atoms with van der Waals surface area (Å²) in [6, 6.07) is -0.691. The molecule has 0 fully saturated rings. The fraction of sp³-hybridized carbons (Fsp3) is 0.500. The Kier molecular flexibility index (Phi) is 6.58. The first-order valence-electron chi connectivity index (χ1n) is 4.85. The molecule has 90 valence electrons. The number of aliphatic carboxylic acids is 1. The molecule has 6 nitrogen and oxygen atoms in total. The summed E-state index contributed by atoms with van der Waals surface area (Å²) in [6.07, 6.45) is 1.67. The predicted molar refractivity (Wildman–Crippen MR) is 57.7 cm³/mol. The molecule has 0 bridgehead atoms. The highest BCUT2D eigenvalue weighted by atomic mass is 16.4. The zero-order chi connectivity index (χ0) is 12.6. The number of carboxylic acid groups (broad SMARTS) is 1. The zero-order valence-electron chi connectivity index (χ0n) is 9.16. The van der Waals surface area contributed by atoms with Gasteiger partial charge in [0, 0.05) is 13.5 Å². The Morgan fingerprint density at radius 2 is 2.06 bits per heavy atom. The van der Waals surface area contributed by atoms with Gasteiger partial charge in [-0.2, -0.15) is 0 Å². The monoisotopic (exact) mass is 228 g/mol. The number of rotatable bonds is 7. The van der Waals surface area contributed by atoms with Gasteiger partial charge in [-0.3, -0.25) is 14.4 Å². The Morgan fingerprint density at radius 1 is 1.44 bits per heavy atom. The van der Waals surface area contributed by atoms with Crippen LogP contribution in [0, 0.1) is 0 Å². The molecule has 1 atom stereocenters. The molecule has 0 aromatic rings. The molecule has 1 unspecified atom stereocenters. The summed E-state index contributed by atoms with van der Waals surface area (Å²) in [6.45, 7) is 4.82. The molecule has 2 amide bonds. The van der Waals surface area contributed by atoms with Crippen LogP contribution in [0.2, 0.25) is 0 Å². The van der Waals surface area contributed by atoms with Crippen molar-refractivity contribution in [3.05, 3.63) is 12.7 Å². The molecule has 0 heterocycles. The Labute approximate surface area is 93.7 Å². The van der Waals surface area contributed by atoms with Gasteiger partial charge in [0.1, 0.15) is 6.04 Å². The first-order valence-corrected chi connectivity index (χ1v) is 4.85. The minimum atomic E-state index is -0.986. The molecular formula is C10H16N2O4. The van der Waals surface area contributed by atoms with Crippen molar-refractivity contribution in [2.75, 3.05) is 6.54 Å². The lowest BCUT2D eigenvalue weighted by molar-refractivity contribution is -0.137. The second-order valence-corrected chi connectivity index (χ2v) is 3.21. The van der Waals surface area contributed by atoms with Crippen LogP contribution in [0.4, 0.5) is 0 Å². The van der Waals surface area contributed by atoms with E-state index < -0.39 is 17.9 Å². The molecule has 0 rings (SSSR count). The van der Waals surface area contributed by atoms with E-state index in [1.54, 1.807) is 0 Å². The molecule has 0 saturated heterocycles. The van der Waals surface area contributed by atoms with Gasteiger partial charge in [0.15, 0.2) is 0 Å². The van der Waals surface area contributed by atoms with Gasteiger partial charge in [0.05, 0.1) is 6.42 Å². The Hall–Kier alpha value is -1.85. The lowest BCUT2D eigenvalue weighted by Gasteiger charge is -2.15. The Bertz CT molecular complexity index is 289. The maximum absolute atomic E-state index is 11.5. The lowest BCUT2D eigenvalue weighted by atomic mass is 10.2. The van der Waals surface area contributed by atoms with Crippen LogP contribution in [0.5, 0.6) is 0 Å². The highest BCUT2D eigenvalue weighted by molar-refractivity contribution is 5.87. The summed E-state index contributed by atoms with van der Waals surface area (Å²) in [5.74, 6) is -1.71. The Balaban J connectivity index is 4.10. The summed E-state index contributed by atoms with van der Waals surface area (Å²) in [7, 11) is 0. The van der Waals surface area contributed by atoms with E-state index in [1.165, 1.54) is 13.0 Å². The maximum atomic E-state index is 11.5. The highest BCUT2D eigenvalue weighted by Gasteiger charge is 2.17. The number of carboxylic acids is 1. The second-order valence-electron chi connectivity index (χ2n) is 3.21. The van der Waals surface area contributed by atoms with Crippen molar-refractivity contribution in [3.8, 4) is 0 Å². The number of amides is 2. The summed E-state index contributed by atoms with van der Waals surface area (Å²) in [5, 5.41) is 13.2. The third-order valence-corrected chi connectivity index (χ3v) is 1.73. The van der Waals surface area contributed by atoms with E-state index in [0.717, 1.165) is 0 Å². The number of nitrogens with one attached hydrogen (secondary N) is 2. The van der Waals surface area contributed by atoms with Crippen LogP contribution in [0.1, 0.15) is 19.8 Å². The van der Waals surface area contributed by atoms with Crippen LogP contribution in [-0.2, 0) is 14.4 Å². The predicted octanol–water partition coefficient (Wildman–Crippen LogP) is -0.342. The van der Waals surface area contributed by atoms with E-state index in [4.69, 9.17) is 5.11 Å². The largest absolute Gasteiger partial charge is 0.481 e. The first kappa shape index (κ1) is 14.2. The van der Waals surface area contributed by atoms with Gasteiger partial charge in [0.2, 0.25) is 11.8 Å². The van der Waals surface area contributed by atoms with Crippen LogP contribution >= 0.6 is 0 Å². The third-order valence-electron chi connectivity index (χ3n) is 1.73. The molecule has 3 N–H and O–H groups in total. The van der Waals surface area contributed by atoms with Crippen molar-refractivity contribution < 1.29 is 19.5 Å². The van der Waals surface area contributed by atoms with Gasteiger partial charge in [-0.05, 0) is 6.42 Å². The van der Waals surface area contributed by atoms with E-state index >= 15 is 0 Å². The van der Waals surface area contributed by atoms with Crippen LogP contribution < -0.4 is 10.6 Å². The number of hydrogen-bond acceptors (Lipinski definition) is 3. The quantitative estimate of drug-likeness (QED) is 0.519. The SMILES string of the molecule is C=CCC(NC(C)=O)C(=O)NCCC(=O)O. The average Bonchev–Trinajstić information content (AvgIpc) is 2.15. The van der Waals surface area contributed by atoms with E-state index in [1.807, 2.05) is 0 Å². The summed E-state index contributed by atoms with van der Waals surface area (Å²) in [4.78, 5) is 32.5. The topological polar surface area (TPSA) is 95.5 Å². The number of carbonyl (C=O) groups is 3. The first-order chi connectivity index (χ1) is 7.47. The van der Waals surface area contributed by atoms with Crippen molar-refractivity contribution in [3.63, 3.8) is 0 Å². The van der Waals surface area contributed by atoms with E-state index in [-0.39, 0.29) is 18.9 Å². The molecule has 0 spiro atoms. The van der Waals surface area contributed by atoms with Gasteiger partial charge >= 0.3 is 5.97 Å². The van der Waals surface area contributed by atoms with Crippen molar-refractivity contribution in [1.82, 2.24) is 10.6 Å². The van der Waals surface area contributed by atoms with Gasteiger partial charge in [0.25, 0.3) is 0 Å². The molecule has 0 aliphatic heterocycles. The fourth-order valence-corrected chi connectivity index (χ4v) is 1.06. The van der Waals surface area contributed by atoms with Crippen molar-refractivity contribution in [2.24, 2.45) is 0 Å². The maximum Gasteiger partial charge on any atom is 0.305 e. The van der Waals surface area contributed by atoms with Gasteiger partial charge in [-0.1, -0.05) is 6.08 Å². The van der Waals surface area contributed by atoms with Crippen LogP contribution in [-0.4, -0.2) is 35.5 Å². The van der Waals surface area contributed by atoms with Crippen molar-refractivity contribution in [1.29, 1.82) is 0 Å². The molecule has 0 aromatic heterocycles. The second kappa shape index (κ2) is 7.44.